The molecule has 2 aromatic rings. The lowest BCUT2D eigenvalue weighted by atomic mass is 10.1. The molecule has 0 spiro atoms. The van der Waals surface area contributed by atoms with Crippen LogP contribution in [0.3, 0.4) is 0 Å². The fourth-order valence-corrected chi connectivity index (χ4v) is 4.83. The van der Waals surface area contributed by atoms with Crippen molar-refractivity contribution in [2.75, 3.05) is 19.8 Å². The van der Waals surface area contributed by atoms with E-state index in [1.807, 2.05) is 18.2 Å². The van der Waals surface area contributed by atoms with Crippen LogP contribution in [0.5, 0.6) is 17.2 Å². The van der Waals surface area contributed by atoms with Gasteiger partial charge in [-0.25, -0.2) is 4.79 Å². The first kappa shape index (κ1) is 37.0. The maximum Gasteiger partial charge on any atom is 0.383 e. The van der Waals surface area contributed by atoms with E-state index in [1.54, 1.807) is 6.07 Å². The van der Waals surface area contributed by atoms with E-state index in [2.05, 4.69) is 66.7 Å². The van der Waals surface area contributed by atoms with Crippen LogP contribution >= 0.6 is 0 Å². The molecule has 244 valence electrons. The molecule has 0 aliphatic carbocycles. The third-order valence-corrected chi connectivity index (χ3v) is 7.56. The Kier molecular flexibility index (Phi) is 18.1. The van der Waals surface area contributed by atoms with Crippen molar-refractivity contribution in [3.8, 4) is 17.2 Å². The summed E-state index contributed by atoms with van der Waals surface area (Å²) in [5, 5.41) is 0.712. The molecular weight excluding hydrogens is 548 g/mol. The van der Waals surface area contributed by atoms with Crippen molar-refractivity contribution in [3.05, 3.63) is 75.2 Å². The molecule has 0 saturated heterocycles. The third kappa shape index (κ3) is 15.0. The lowest BCUT2D eigenvalue weighted by Crippen LogP contribution is -2.11. The van der Waals surface area contributed by atoms with Gasteiger partial charge in [-0.3, -0.25) is 0 Å². The first-order valence-corrected chi connectivity index (χ1v) is 16.8. The van der Waals surface area contributed by atoms with E-state index < -0.39 is 5.63 Å². The Morgan fingerprint density at radius 2 is 1.25 bits per heavy atom. The number of allylic oxidation sites excluding steroid dienone is 6. The van der Waals surface area contributed by atoms with Gasteiger partial charge < -0.3 is 18.6 Å². The summed E-state index contributed by atoms with van der Waals surface area (Å²) in [6.07, 6.45) is 22.3. The predicted molar refractivity (Wildman–Crippen MR) is 186 cm³/mol. The topological polar surface area (TPSA) is 57.9 Å². The number of hydrogen-bond donors (Lipinski definition) is 0. The monoisotopic (exact) mass is 606 g/mol. The molecule has 0 unspecified atom stereocenters. The third-order valence-electron chi connectivity index (χ3n) is 7.56. The van der Waals surface area contributed by atoms with Gasteiger partial charge in [0.25, 0.3) is 0 Å². The van der Waals surface area contributed by atoms with E-state index in [0.717, 1.165) is 38.5 Å². The fourth-order valence-electron chi connectivity index (χ4n) is 4.83. The number of rotatable bonds is 22. The molecule has 0 bridgehead atoms. The van der Waals surface area contributed by atoms with E-state index in [0.29, 0.717) is 35.7 Å². The van der Waals surface area contributed by atoms with Crippen LogP contribution in [-0.2, 0) is 0 Å². The van der Waals surface area contributed by atoms with Gasteiger partial charge in [0.15, 0.2) is 5.75 Å². The zero-order valence-corrected chi connectivity index (χ0v) is 28.7. The van der Waals surface area contributed by atoms with Gasteiger partial charge in [-0.1, -0.05) is 86.3 Å². The lowest BCUT2D eigenvalue weighted by molar-refractivity contribution is 0.269. The van der Waals surface area contributed by atoms with Crippen molar-refractivity contribution in [2.24, 2.45) is 0 Å². The highest BCUT2D eigenvalue weighted by atomic mass is 16.5. The van der Waals surface area contributed by atoms with Gasteiger partial charge in [0, 0.05) is 6.07 Å². The van der Waals surface area contributed by atoms with Gasteiger partial charge in [0.1, 0.15) is 24.5 Å². The summed E-state index contributed by atoms with van der Waals surface area (Å²) in [7, 11) is 0. The molecule has 0 amide bonds. The molecule has 2 rings (SSSR count). The average Bonchev–Trinajstić information content (AvgIpc) is 2.96. The molecule has 5 heteroatoms. The fraction of sp³-hybridized carbons (Fsp3) is 0.564. The van der Waals surface area contributed by atoms with Crippen LogP contribution in [0.1, 0.15) is 126 Å². The largest absolute Gasteiger partial charge is 0.489 e. The van der Waals surface area contributed by atoms with Crippen molar-refractivity contribution >= 4 is 11.0 Å². The number of benzene rings is 1. The van der Waals surface area contributed by atoms with E-state index in [-0.39, 0.29) is 12.4 Å². The smallest absolute Gasteiger partial charge is 0.383 e. The molecule has 5 nitrogen and oxygen atoms in total. The first-order chi connectivity index (χ1) is 21.2. The molecule has 0 N–H and O–H groups in total. The summed E-state index contributed by atoms with van der Waals surface area (Å²) < 4.78 is 24.0. The predicted octanol–water partition coefficient (Wildman–Crippen LogP) is 11.5. The van der Waals surface area contributed by atoms with Gasteiger partial charge >= 0.3 is 5.63 Å². The SMILES string of the molecule is CCCCCCCCCCOc1c(OCC=C(C)CCC=C(C)C)c(=O)oc2cc(OCC=C(C)CCC=C(C)C)ccc12. The van der Waals surface area contributed by atoms with Crippen LogP contribution in [-0.4, -0.2) is 19.8 Å². The number of fused-ring (bicyclic) bond motifs is 1. The van der Waals surface area contributed by atoms with Crippen molar-refractivity contribution in [2.45, 2.75) is 126 Å². The number of ether oxygens (including phenoxy) is 3. The van der Waals surface area contributed by atoms with Crippen molar-refractivity contribution < 1.29 is 18.6 Å². The summed E-state index contributed by atoms with van der Waals surface area (Å²) in [5.74, 6) is 1.23. The highest BCUT2D eigenvalue weighted by molar-refractivity contribution is 5.86. The first-order valence-electron chi connectivity index (χ1n) is 16.8. The van der Waals surface area contributed by atoms with Crippen molar-refractivity contribution in [1.82, 2.24) is 0 Å². The normalized spacial score (nSPS) is 11.9. The summed E-state index contributed by atoms with van der Waals surface area (Å²) in [5.41, 5.74) is 5.06. The highest BCUT2D eigenvalue weighted by Gasteiger charge is 2.18. The maximum absolute atomic E-state index is 13.1. The molecule has 1 aromatic carbocycles. The summed E-state index contributed by atoms with van der Waals surface area (Å²) in [6.45, 7) is 16.2. The average molecular weight is 607 g/mol. The van der Waals surface area contributed by atoms with Crippen molar-refractivity contribution in [3.63, 3.8) is 0 Å². The van der Waals surface area contributed by atoms with E-state index in [1.165, 1.54) is 60.8 Å². The van der Waals surface area contributed by atoms with Crippen LogP contribution in [0.2, 0.25) is 0 Å². The van der Waals surface area contributed by atoms with Gasteiger partial charge in [0.2, 0.25) is 5.75 Å². The Bertz CT molecular complexity index is 1300. The number of unbranched alkanes of at least 4 members (excludes halogenated alkanes) is 7. The summed E-state index contributed by atoms with van der Waals surface area (Å²) >= 11 is 0. The van der Waals surface area contributed by atoms with Crippen LogP contribution in [0.4, 0.5) is 0 Å². The summed E-state index contributed by atoms with van der Waals surface area (Å²) in [6, 6.07) is 5.56. The zero-order valence-electron chi connectivity index (χ0n) is 28.7. The van der Waals surface area contributed by atoms with Gasteiger partial charge in [-0.2, -0.15) is 0 Å². The molecule has 0 radical (unpaired) electrons. The molecule has 1 aromatic heterocycles. The van der Waals surface area contributed by atoms with Crippen LogP contribution < -0.4 is 19.8 Å². The molecule has 0 aliphatic rings. The maximum atomic E-state index is 13.1. The van der Waals surface area contributed by atoms with Gasteiger partial charge in [-0.05, 0) is 97.9 Å². The van der Waals surface area contributed by atoms with Crippen molar-refractivity contribution in [1.29, 1.82) is 0 Å². The minimum atomic E-state index is -0.536. The molecular formula is C39H58O5. The lowest BCUT2D eigenvalue weighted by Gasteiger charge is -2.14. The Morgan fingerprint density at radius 3 is 1.84 bits per heavy atom. The molecule has 0 fully saturated rings. The second-order valence-corrected chi connectivity index (χ2v) is 12.4. The second-order valence-electron chi connectivity index (χ2n) is 12.4. The van der Waals surface area contributed by atoms with Crippen LogP contribution in [0.15, 0.2) is 74.0 Å². The Hall–Kier alpha value is -3.21. The van der Waals surface area contributed by atoms with E-state index >= 15 is 0 Å². The quantitative estimate of drug-likeness (QED) is 0.0758. The molecule has 1 heterocycles. The van der Waals surface area contributed by atoms with E-state index in [4.69, 9.17) is 18.6 Å². The summed E-state index contributed by atoms with van der Waals surface area (Å²) in [4.78, 5) is 13.1. The minimum absolute atomic E-state index is 0.133. The molecule has 0 atom stereocenters. The minimum Gasteiger partial charge on any atom is -0.489 e. The molecule has 44 heavy (non-hydrogen) atoms. The standard InChI is InChI=1S/C39H58O5/c1-8-9-10-11-12-13-14-15-26-42-37-35-23-22-34(41-27-24-32(6)20-16-18-30(2)3)29-36(35)44-39(40)38(37)43-28-25-33(7)21-17-19-31(4)5/h18-19,22-25,29H,8-17,20-21,26-28H2,1-7H3. The Labute approximate surface area is 267 Å². The Balaban J connectivity index is 2.14. The van der Waals surface area contributed by atoms with Gasteiger partial charge in [-0.15, -0.1) is 0 Å². The highest BCUT2D eigenvalue weighted by Crippen LogP contribution is 2.35. The van der Waals surface area contributed by atoms with Crippen LogP contribution in [0.25, 0.3) is 11.0 Å². The molecule has 0 saturated carbocycles. The van der Waals surface area contributed by atoms with Crippen LogP contribution in [0, 0.1) is 0 Å². The Morgan fingerprint density at radius 1 is 0.682 bits per heavy atom. The van der Waals surface area contributed by atoms with E-state index in [9.17, 15) is 4.79 Å². The van der Waals surface area contributed by atoms with Gasteiger partial charge in [0.05, 0.1) is 12.0 Å². The number of hydrogen-bond acceptors (Lipinski definition) is 5. The second kappa shape index (κ2) is 21.5. The zero-order chi connectivity index (χ0) is 32.2. The molecule has 0 aliphatic heterocycles.